The fraction of sp³-hybridized carbons (Fsp3) is 0.357. The van der Waals surface area contributed by atoms with Gasteiger partial charge in [0.15, 0.2) is 16.6 Å². The summed E-state index contributed by atoms with van der Waals surface area (Å²) in [6.07, 6.45) is 2.06. The van der Waals surface area contributed by atoms with Crippen molar-refractivity contribution in [2.24, 2.45) is 5.92 Å². The molecule has 1 unspecified atom stereocenters. The van der Waals surface area contributed by atoms with E-state index in [-0.39, 0.29) is 36.1 Å². The molecule has 212 valence electrons. The number of hydrogen-bond donors (Lipinski definition) is 2. The van der Waals surface area contributed by atoms with Crippen LogP contribution in [-0.2, 0) is 19.6 Å². The summed E-state index contributed by atoms with van der Waals surface area (Å²) in [5.74, 6) is -1.76. The minimum atomic E-state index is -4.53. The summed E-state index contributed by atoms with van der Waals surface area (Å²) in [6, 6.07) is 11.8. The van der Waals surface area contributed by atoms with Crippen molar-refractivity contribution in [3.63, 3.8) is 0 Å². The Bertz CT molecular complexity index is 1460. The minimum Gasteiger partial charge on any atom is -0.451 e. The molecule has 2 aromatic heterocycles. The number of benzene rings is 1. The molecule has 4 rings (SSSR count). The third-order valence-corrected chi connectivity index (χ3v) is 8.41. The maximum absolute atomic E-state index is 14.1. The van der Waals surface area contributed by atoms with Crippen molar-refractivity contribution in [3.8, 4) is 11.3 Å². The first-order valence-electron chi connectivity index (χ1n) is 13.0. The molecule has 3 aromatic rings. The van der Waals surface area contributed by atoms with Gasteiger partial charge in [-0.05, 0) is 80.3 Å². The molecule has 0 bridgehead atoms. The van der Waals surface area contributed by atoms with Crippen LogP contribution in [0, 0.1) is 5.92 Å². The van der Waals surface area contributed by atoms with Gasteiger partial charge in [0.05, 0.1) is 6.54 Å². The van der Waals surface area contributed by atoms with E-state index < -0.39 is 39.7 Å². The highest BCUT2D eigenvalue weighted by atomic mass is 35.5. The van der Waals surface area contributed by atoms with E-state index >= 15 is 0 Å². The van der Waals surface area contributed by atoms with E-state index in [4.69, 9.17) is 16.0 Å². The zero-order valence-electron chi connectivity index (χ0n) is 22.2. The summed E-state index contributed by atoms with van der Waals surface area (Å²) < 4.78 is 33.9. The number of amides is 2. The van der Waals surface area contributed by atoms with Crippen LogP contribution in [-0.4, -0.2) is 60.5 Å². The zero-order chi connectivity index (χ0) is 28.9. The number of pyridine rings is 1. The number of ketones is 1. The van der Waals surface area contributed by atoms with Crippen molar-refractivity contribution in [2.75, 3.05) is 13.1 Å². The van der Waals surface area contributed by atoms with Crippen molar-refractivity contribution in [3.05, 3.63) is 71.6 Å². The molecule has 3 heterocycles. The molecule has 1 aliphatic rings. The number of hydrogen-bond acceptors (Lipinski definition) is 8. The second-order valence-corrected chi connectivity index (χ2v) is 12.1. The van der Waals surface area contributed by atoms with Gasteiger partial charge in [-0.15, -0.1) is 0 Å². The molecule has 10 nitrogen and oxygen atoms in total. The Morgan fingerprint density at radius 1 is 1.15 bits per heavy atom. The largest absolute Gasteiger partial charge is 0.451 e. The Morgan fingerprint density at radius 3 is 2.58 bits per heavy atom. The predicted octanol–water partition coefficient (Wildman–Crippen LogP) is 3.68. The molecule has 1 aromatic carbocycles. The van der Waals surface area contributed by atoms with Crippen LogP contribution in [0.2, 0.25) is 5.02 Å². The normalized spacial score (nSPS) is 16.8. The van der Waals surface area contributed by atoms with Crippen molar-refractivity contribution >= 4 is 39.2 Å². The lowest BCUT2D eigenvalue weighted by Crippen LogP contribution is -2.56. The number of furan rings is 1. The SMILES string of the molecule is CC(C)CC(NC(=O)c1ccc(-c2ccc(Cl)cc2)o1)C(=O)N([C@H]1CCCNCC1=O)S(=O)(=O)c1ccccn1. The van der Waals surface area contributed by atoms with Gasteiger partial charge in [0, 0.05) is 16.8 Å². The summed E-state index contributed by atoms with van der Waals surface area (Å²) in [6.45, 7) is 4.12. The zero-order valence-corrected chi connectivity index (χ0v) is 23.7. The van der Waals surface area contributed by atoms with Gasteiger partial charge in [-0.1, -0.05) is 31.5 Å². The molecular weight excluding hydrogens is 556 g/mol. The monoisotopic (exact) mass is 586 g/mol. The van der Waals surface area contributed by atoms with E-state index in [1.807, 2.05) is 13.8 Å². The molecule has 2 atom stereocenters. The predicted molar refractivity (Wildman–Crippen MR) is 149 cm³/mol. The average Bonchev–Trinajstić information content (AvgIpc) is 3.33. The van der Waals surface area contributed by atoms with Crippen LogP contribution in [0.4, 0.5) is 0 Å². The number of halogens is 1. The first-order chi connectivity index (χ1) is 19.1. The lowest BCUT2D eigenvalue weighted by molar-refractivity contribution is -0.135. The molecule has 0 radical (unpaired) electrons. The molecule has 40 heavy (non-hydrogen) atoms. The number of sulfonamides is 1. The molecule has 0 saturated carbocycles. The molecule has 1 aliphatic heterocycles. The number of rotatable bonds is 9. The molecule has 1 fully saturated rings. The molecule has 2 N–H and O–H groups in total. The van der Waals surface area contributed by atoms with Gasteiger partial charge in [-0.3, -0.25) is 14.4 Å². The van der Waals surface area contributed by atoms with Crippen LogP contribution in [0.15, 0.2) is 70.2 Å². The minimum absolute atomic E-state index is 0.0552. The number of aromatic nitrogens is 1. The van der Waals surface area contributed by atoms with Gasteiger partial charge >= 0.3 is 0 Å². The maximum Gasteiger partial charge on any atom is 0.287 e. The van der Waals surface area contributed by atoms with Gasteiger partial charge in [0.1, 0.15) is 17.8 Å². The Morgan fingerprint density at radius 2 is 1.90 bits per heavy atom. The standard InChI is InChI=1S/C28H31ClN4O6S/c1-18(2)16-21(32-27(35)25-13-12-24(39-25)19-8-10-20(29)11-9-19)28(36)33(22-6-5-14-30-17-23(22)34)40(37,38)26-7-3-4-15-31-26/h3-4,7-13,15,18,21-22,30H,5-6,14,16-17H2,1-2H3,(H,32,35)/t21?,22-/m0/s1. The lowest BCUT2D eigenvalue weighted by Gasteiger charge is -2.32. The highest BCUT2D eigenvalue weighted by Gasteiger charge is 2.43. The van der Waals surface area contributed by atoms with Crippen molar-refractivity contribution in [2.45, 2.75) is 50.2 Å². The number of carbonyl (C=O) groups is 3. The summed E-state index contributed by atoms with van der Waals surface area (Å²) >= 11 is 5.95. The van der Waals surface area contributed by atoms with E-state index in [0.717, 1.165) is 0 Å². The molecule has 0 aliphatic carbocycles. The number of nitrogens with zero attached hydrogens (tertiary/aromatic N) is 2. The number of nitrogens with one attached hydrogen (secondary N) is 2. The maximum atomic E-state index is 14.1. The molecular formula is C28H31ClN4O6S. The highest BCUT2D eigenvalue weighted by molar-refractivity contribution is 7.89. The summed E-state index contributed by atoms with van der Waals surface area (Å²) in [7, 11) is -4.53. The van der Waals surface area contributed by atoms with E-state index in [2.05, 4.69) is 15.6 Å². The Hall–Kier alpha value is -3.54. The Kier molecular flexibility index (Phi) is 9.39. The van der Waals surface area contributed by atoms with Gasteiger partial charge in [0.25, 0.3) is 21.8 Å². The topological polar surface area (TPSA) is 139 Å². The number of Topliss-reactive ketones (excluding diaryl/α,β-unsaturated/α-hetero) is 1. The van der Waals surface area contributed by atoms with Crippen LogP contribution in [0.3, 0.4) is 0 Å². The fourth-order valence-electron chi connectivity index (χ4n) is 4.50. The van der Waals surface area contributed by atoms with Gasteiger partial charge in [0.2, 0.25) is 0 Å². The van der Waals surface area contributed by atoms with Crippen LogP contribution in [0.5, 0.6) is 0 Å². The lowest BCUT2D eigenvalue weighted by atomic mass is 10.0. The van der Waals surface area contributed by atoms with Gasteiger partial charge in [-0.2, -0.15) is 8.42 Å². The van der Waals surface area contributed by atoms with Crippen LogP contribution >= 0.6 is 11.6 Å². The van der Waals surface area contributed by atoms with Crippen LogP contribution < -0.4 is 10.6 Å². The fourth-order valence-corrected chi connectivity index (χ4v) is 6.20. The first kappa shape index (κ1) is 29.4. The van der Waals surface area contributed by atoms with Crippen LogP contribution in [0.1, 0.15) is 43.7 Å². The highest BCUT2D eigenvalue weighted by Crippen LogP contribution is 2.26. The first-order valence-corrected chi connectivity index (χ1v) is 14.8. The Labute approximate surface area is 238 Å². The van der Waals surface area contributed by atoms with Crippen molar-refractivity contribution < 1.29 is 27.2 Å². The third kappa shape index (κ3) is 6.78. The summed E-state index contributed by atoms with van der Waals surface area (Å²) in [5, 5.41) is 5.81. The molecule has 2 amide bonds. The van der Waals surface area contributed by atoms with Crippen LogP contribution in [0.25, 0.3) is 11.3 Å². The molecule has 0 spiro atoms. The van der Waals surface area contributed by atoms with Gasteiger partial charge in [-0.25, -0.2) is 9.29 Å². The Balaban J connectivity index is 1.67. The molecule has 12 heteroatoms. The van der Waals surface area contributed by atoms with E-state index in [9.17, 15) is 22.8 Å². The summed E-state index contributed by atoms with van der Waals surface area (Å²) in [5.41, 5.74) is 0.700. The van der Waals surface area contributed by atoms with E-state index in [0.29, 0.717) is 33.6 Å². The van der Waals surface area contributed by atoms with Crippen molar-refractivity contribution in [1.82, 2.24) is 19.9 Å². The summed E-state index contributed by atoms with van der Waals surface area (Å²) in [4.78, 5) is 44.3. The van der Waals surface area contributed by atoms with E-state index in [1.165, 1.54) is 24.4 Å². The number of carbonyl (C=O) groups excluding carboxylic acids is 3. The third-order valence-electron chi connectivity index (χ3n) is 6.43. The van der Waals surface area contributed by atoms with E-state index in [1.54, 1.807) is 36.4 Å². The second kappa shape index (κ2) is 12.8. The van der Waals surface area contributed by atoms with Gasteiger partial charge < -0.3 is 15.1 Å². The average molecular weight is 587 g/mol. The van der Waals surface area contributed by atoms with Crippen molar-refractivity contribution in [1.29, 1.82) is 0 Å². The smallest absolute Gasteiger partial charge is 0.287 e. The second-order valence-electron chi connectivity index (χ2n) is 9.93. The quantitative estimate of drug-likeness (QED) is 0.387. The molecule has 1 saturated heterocycles.